The number of aryl methyl sites for hydroxylation is 1. The molecule has 0 amide bonds. The molecule has 10 heteroatoms. The van der Waals surface area contributed by atoms with Gasteiger partial charge in [-0.05, 0) is 32.5 Å². The van der Waals surface area contributed by atoms with Crippen LogP contribution in [0.25, 0.3) is 26.3 Å². The molecule has 5 aromatic heterocycles. The monoisotopic (exact) mass is 469 g/mol. The molecule has 0 radical (unpaired) electrons. The molecule has 7 rings (SSSR count). The summed E-state index contributed by atoms with van der Waals surface area (Å²) in [7, 11) is 2.20. The Balaban J connectivity index is 1.18. The highest BCUT2D eigenvalue weighted by Gasteiger charge is 2.42. The zero-order valence-corrected chi connectivity index (χ0v) is 19.7. The van der Waals surface area contributed by atoms with Crippen molar-refractivity contribution in [1.82, 2.24) is 34.4 Å². The van der Waals surface area contributed by atoms with Gasteiger partial charge in [-0.2, -0.15) is 10.1 Å². The van der Waals surface area contributed by atoms with Crippen molar-refractivity contribution in [3.8, 4) is 10.6 Å². The van der Waals surface area contributed by atoms with Crippen LogP contribution in [0.1, 0.15) is 12.1 Å². The molecule has 0 aliphatic carbocycles. The van der Waals surface area contributed by atoms with Crippen molar-refractivity contribution in [1.29, 1.82) is 0 Å². The molecule has 2 fully saturated rings. The van der Waals surface area contributed by atoms with Crippen molar-refractivity contribution in [3.05, 3.63) is 54.6 Å². The third kappa shape index (κ3) is 3.21. The number of pyridine rings is 2. The fraction of sp³-hybridized carbons (Fsp3) is 0.292. The van der Waals surface area contributed by atoms with Gasteiger partial charge in [0.25, 0.3) is 0 Å². The number of aromatic nitrogens is 6. The van der Waals surface area contributed by atoms with Crippen molar-refractivity contribution >= 4 is 44.7 Å². The molecular weight excluding hydrogens is 446 g/mol. The van der Waals surface area contributed by atoms with Gasteiger partial charge < -0.3 is 10.2 Å². The largest absolute Gasteiger partial charge is 0.335 e. The van der Waals surface area contributed by atoms with Crippen LogP contribution in [0.15, 0.2) is 48.9 Å². The highest BCUT2D eigenvalue weighted by Crippen LogP contribution is 2.34. The average molecular weight is 470 g/mol. The Kier molecular flexibility index (Phi) is 4.33. The van der Waals surface area contributed by atoms with Crippen molar-refractivity contribution < 1.29 is 0 Å². The van der Waals surface area contributed by atoms with Gasteiger partial charge in [-0.1, -0.05) is 6.07 Å². The lowest BCUT2D eigenvalue weighted by Crippen LogP contribution is -2.45. The number of piperazine rings is 1. The lowest BCUT2D eigenvalue weighted by Gasteiger charge is -2.32. The first-order valence-corrected chi connectivity index (χ1v) is 12.2. The molecular formula is C24H23N9S. The van der Waals surface area contributed by atoms with E-state index in [1.54, 1.807) is 11.3 Å². The minimum absolute atomic E-state index is 0.493. The molecule has 0 aromatic carbocycles. The molecule has 34 heavy (non-hydrogen) atoms. The molecule has 1 N–H and O–H groups in total. The summed E-state index contributed by atoms with van der Waals surface area (Å²) in [6.07, 6.45) is 6.87. The number of anilines is 3. The molecule has 2 bridgehead atoms. The van der Waals surface area contributed by atoms with E-state index >= 15 is 0 Å². The quantitative estimate of drug-likeness (QED) is 0.426. The van der Waals surface area contributed by atoms with E-state index in [1.165, 1.54) is 6.42 Å². The second-order valence-electron chi connectivity index (χ2n) is 9.10. The molecule has 7 heterocycles. The lowest BCUT2D eigenvalue weighted by molar-refractivity contribution is 0.291. The van der Waals surface area contributed by atoms with E-state index in [0.717, 1.165) is 62.7 Å². The molecule has 5 aromatic rings. The van der Waals surface area contributed by atoms with Crippen LogP contribution in [0.5, 0.6) is 0 Å². The van der Waals surface area contributed by atoms with E-state index in [4.69, 9.17) is 15.0 Å². The van der Waals surface area contributed by atoms with Crippen LogP contribution in [0.4, 0.5) is 17.6 Å². The summed E-state index contributed by atoms with van der Waals surface area (Å²) < 4.78 is 2.90. The van der Waals surface area contributed by atoms with Crippen LogP contribution in [0, 0.1) is 6.92 Å². The van der Waals surface area contributed by atoms with Crippen LogP contribution in [0.3, 0.4) is 0 Å². The molecule has 0 unspecified atom stereocenters. The number of likely N-dealkylation sites (N-methyl/N-ethyl adjacent to an activating group) is 1. The maximum atomic E-state index is 4.88. The van der Waals surface area contributed by atoms with E-state index in [-0.39, 0.29) is 0 Å². The number of hydrogen-bond acceptors (Lipinski definition) is 9. The Labute approximate surface area is 200 Å². The van der Waals surface area contributed by atoms with Crippen LogP contribution < -0.4 is 10.2 Å². The first kappa shape index (κ1) is 19.8. The number of nitrogens with one attached hydrogen (secondary N) is 1. The first-order valence-electron chi connectivity index (χ1n) is 11.4. The van der Waals surface area contributed by atoms with Gasteiger partial charge in [-0.3, -0.25) is 4.90 Å². The number of hydrogen-bond donors (Lipinski definition) is 1. The Morgan fingerprint density at radius 1 is 1.03 bits per heavy atom. The second-order valence-corrected chi connectivity index (χ2v) is 10.1. The SMILES string of the molecule is Cc1cc(Nc2cc3nc(-c4cnn5ccccc45)sc3cn2)nc(N2C[C@@H]3C[C@H]2CN3C)n1. The van der Waals surface area contributed by atoms with Gasteiger partial charge in [0.15, 0.2) is 0 Å². The van der Waals surface area contributed by atoms with Crippen LogP contribution in [0.2, 0.25) is 0 Å². The normalized spacial score (nSPS) is 20.1. The van der Waals surface area contributed by atoms with E-state index in [0.29, 0.717) is 12.1 Å². The second kappa shape index (κ2) is 7.44. The molecule has 2 aliphatic rings. The van der Waals surface area contributed by atoms with Gasteiger partial charge in [0.1, 0.15) is 16.6 Å². The third-order valence-electron chi connectivity index (χ3n) is 6.80. The fourth-order valence-corrected chi connectivity index (χ4v) is 6.04. The van der Waals surface area contributed by atoms with Gasteiger partial charge in [0.05, 0.1) is 27.5 Å². The fourth-order valence-electron chi connectivity index (χ4n) is 5.10. The van der Waals surface area contributed by atoms with Gasteiger partial charge in [-0.15, -0.1) is 11.3 Å². The van der Waals surface area contributed by atoms with E-state index in [2.05, 4.69) is 38.3 Å². The summed E-state index contributed by atoms with van der Waals surface area (Å²) in [5, 5.41) is 8.75. The zero-order chi connectivity index (χ0) is 22.8. The number of rotatable bonds is 4. The van der Waals surface area contributed by atoms with E-state index in [9.17, 15) is 0 Å². The van der Waals surface area contributed by atoms with E-state index < -0.39 is 0 Å². The summed E-state index contributed by atoms with van der Waals surface area (Å²) in [6, 6.07) is 11.1. The Hall–Kier alpha value is -3.63. The summed E-state index contributed by atoms with van der Waals surface area (Å²) in [5.74, 6) is 2.27. The Bertz CT molecular complexity index is 1540. The minimum atomic E-state index is 0.493. The first-order chi connectivity index (χ1) is 16.6. The lowest BCUT2D eigenvalue weighted by atomic mass is 10.2. The number of likely N-dealkylation sites (tertiary alicyclic amines) is 1. The maximum absolute atomic E-state index is 4.88. The highest BCUT2D eigenvalue weighted by molar-refractivity contribution is 7.21. The maximum Gasteiger partial charge on any atom is 0.227 e. The highest BCUT2D eigenvalue weighted by atomic mass is 32.1. The summed E-state index contributed by atoms with van der Waals surface area (Å²) in [5.41, 5.74) is 3.91. The summed E-state index contributed by atoms with van der Waals surface area (Å²) in [6.45, 7) is 4.07. The summed E-state index contributed by atoms with van der Waals surface area (Å²) in [4.78, 5) is 23.8. The van der Waals surface area contributed by atoms with Crippen LogP contribution >= 0.6 is 11.3 Å². The van der Waals surface area contributed by atoms with Gasteiger partial charge >= 0.3 is 0 Å². The molecule has 0 saturated carbocycles. The molecule has 2 atom stereocenters. The number of nitrogens with zero attached hydrogens (tertiary/aromatic N) is 8. The van der Waals surface area contributed by atoms with Crippen LogP contribution in [-0.2, 0) is 0 Å². The molecule has 170 valence electrons. The van der Waals surface area contributed by atoms with Gasteiger partial charge in [0.2, 0.25) is 5.95 Å². The molecule has 2 saturated heterocycles. The predicted octanol–water partition coefficient (Wildman–Crippen LogP) is 3.74. The molecule has 9 nitrogen and oxygen atoms in total. The smallest absolute Gasteiger partial charge is 0.227 e. The minimum Gasteiger partial charge on any atom is -0.335 e. The van der Waals surface area contributed by atoms with Gasteiger partial charge in [-0.25, -0.2) is 19.5 Å². The molecule has 2 aliphatic heterocycles. The Morgan fingerprint density at radius 3 is 2.82 bits per heavy atom. The molecule has 0 spiro atoms. The van der Waals surface area contributed by atoms with Crippen molar-refractivity contribution in [2.24, 2.45) is 0 Å². The predicted molar refractivity (Wildman–Crippen MR) is 134 cm³/mol. The van der Waals surface area contributed by atoms with Crippen molar-refractivity contribution in [3.63, 3.8) is 0 Å². The number of thiazole rings is 1. The zero-order valence-electron chi connectivity index (χ0n) is 18.9. The van der Waals surface area contributed by atoms with E-state index in [1.807, 2.05) is 54.3 Å². The number of fused-ring (bicyclic) bond motifs is 4. The topological polar surface area (TPSA) is 87.4 Å². The standard InChI is InChI=1S/C24H23N9S/c1-14-7-22(30-24(27-14)32-13-15-8-16(32)12-31(15)2)29-21-9-18-20(11-25-21)34-23(28-18)17-10-26-33-6-4-3-5-19(17)33/h3-7,9-11,15-16H,8,12-13H2,1-2H3,(H,25,27,29,30)/t15-,16-/m0/s1. The van der Waals surface area contributed by atoms with Crippen LogP contribution in [-0.4, -0.2) is 66.7 Å². The average Bonchev–Trinajstić information content (AvgIpc) is 3.60. The van der Waals surface area contributed by atoms with Crippen molar-refractivity contribution in [2.75, 3.05) is 30.4 Å². The van der Waals surface area contributed by atoms with Crippen molar-refractivity contribution in [2.45, 2.75) is 25.4 Å². The third-order valence-corrected chi connectivity index (χ3v) is 7.84. The summed E-state index contributed by atoms with van der Waals surface area (Å²) >= 11 is 1.62. The Morgan fingerprint density at radius 2 is 1.97 bits per heavy atom. The van der Waals surface area contributed by atoms with Gasteiger partial charge in [0, 0.05) is 55.4 Å².